The number of piperidine rings is 1. The smallest absolute Gasteiger partial charge is 0.304 e. The molecule has 2 saturated heterocycles. The number of hydrogen-bond acceptors (Lipinski definition) is 5. The van der Waals surface area contributed by atoms with Crippen molar-refractivity contribution in [3.05, 3.63) is 12.4 Å². The van der Waals surface area contributed by atoms with Gasteiger partial charge < -0.3 is 10.2 Å². The summed E-state index contributed by atoms with van der Waals surface area (Å²) in [5, 5.41) is 6.87. The molecular formula is C15H22N6O4S. The van der Waals surface area contributed by atoms with E-state index in [0.29, 0.717) is 24.7 Å². The Balaban J connectivity index is 1.42. The fourth-order valence-corrected chi connectivity index (χ4v) is 5.60. The Morgan fingerprint density at radius 2 is 2.08 bits per heavy atom. The molecule has 1 saturated carbocycles. The summed E-state index contributed by atoms with van der Waals surface area (Å²) in [6.07, 6.45) is 3.97. The summed E-state index contributed by atoms with van der Waals surface area (Å²) in [6, 6.07) is 0.0124. The van der Waals surface area contributed by atoms with Crippen LogP contribution in [0.5, 0.6) is 0 Å². The lowest BCUT2D eigenvalue weighted by Crippen LogP contribution is -2.44. The van der Waals surface area contributed by atoms with Crippen molar-refractivity contribution in [1.29, 1.82) is 0 Å². The predicted octanol–water partition coefficient (Wildman–Crippen LogP) is -1.48. The van der Waals surface area contributed by atoms with Crippen molar-refractivity contribution < 1.29 is 18.0 Å². The highest BCUT2D eigenvalue weighted by Crippen LogP contribution is 2.45. The SMILES string of the molecule is CC(=O)N[C@@H]1[C@H]2CCN(C(=O)CN3CCN(c4cnn(C)c4)S3(=O)=O)[C@H]21. The van der Waals surface area contributed by atoms with Crippen LogP contribution in [0.25, 0.3) is 0 Å². The molecule has 0 spiro atoms. The van der Waals surface area contributed by atoms with Crippen LogP contribution in [0.1, 0.15) is 13.3 Å². The molecule has 3 fully saturated rings. The number of nitrogens with zero attached hydrogens (tertiary/aromatic N) is 5. The quantitative estimate of drug-likeness (QED) is 0.684. The zero-order valence-corrected chi connectivity index (χ0v) is 15.5. The second-order valence-corrected chi connectivity index (χ2v) is 8.90. The highest BCUT2D eigenvalue weighted by atomic mass is 32.2. The number of hydrogen-bond donors (Lipinski definition) is 1. The van der Waals surface area contributed by atoms with Crippen LogP contribution in [0.3, 0.4) is 0 Å². The van der Waals surface area contributed by atoms with Crippen LogP contribution < -0.4 is 9.62 Å². The highest BCUT2D eigenvalue weighted by molar-refractivity contribution is 7.90. The molecule has 0 bridgehead atoms. The Kier molecular flexibility index (Phi) is 3.95. The first-order valence-electron chi connectivity index (χ1n) is 8.62. The number of aromatic nitrogens is 2. The van der Waals surface area contributed by atoms with E-state index in [4.69, 9.17) is 0 Å². The summed E-state index contributed by atoms with van der Waals surface area (Å²) in [4.78, 5) is 25.6. The third-order valence-electron chi connectivity index (χ3n) is 5.33. The molecule has 1 aromatic heterocycles. The molecule has 1 aromatic rings. The summed E-state index contributed by atoms with van der Waals surface area (Å²) in [5.41, 5.74) is 0.497. The maximum atomic E-state index is 12.7. The number of fused-ring (bicyclic) bond motifs is 1. The normalized spacial score (nSPS) is 29.7. The van der Waals surface area contributed by atoms with E-state index in [2.05, 4.69) is 10.4 Å². The second kappa shape index (κ2) is 5.95. The average molecular weight is 382 g/mol. The van der Waals surface area contributed by atoms with Crippen molar-refractivity contribution in [2.24, 2.45) is 13.0 Å². The summed E-state index contributed by atoms with van der Waals surface area (Å²) < 4.78 is 29.5. The van der Waals surface area contributed by atoms with E-state index < -0.39 is 10.2 Å². The molecule has 3 heterocycles. The van der Waals surface area contributed by atoms with Crippen LogP contribution >= 0.6 is 0 Å². The number of anilines is 1. The Bertz CT molecular complexity index is 852. The summed E-state index contributed by atoms with van der Waals surface area (Å²) in [6.45, 7) is 2.46. The molecule has 0 aromatic carbocycles. The van der Waals surface area contributed by atoms with Crippen LogP contribution in [0.4, 0.5) is 5.69 Å². The van der Waals surface area contributed by atoms with Gasteiger partial charge in [0.1, 0.15) is 0 Å². The van der Waals surface area contributed by atoms with Gasteiger partial charge in [0.25, 0.3) is 0 Å². The molecule has 0 radical (unpaired) electrons. The summed E-state index contributed by atoms with van der Waals surface area (Å²) in [5.74, 6) is -0.0158. The van der Waals surface area contributed by atoms with E-state index in [1.54, 1.807) is 18.1 Å². The van der Waals surface area contributed by atoms with Gasteiger partial charge in [-0.3, -0.25) is 18.6 Å². The third-order valence-corrected chi connectivity index (χ3v) is 7.24. The third kappa shape index (κ3) is 2.75. The van der Waals surface area contributed by atoms with E-state index in [1.165, 1.54) is 26.4 Å². The minimum atomic E-state index is -3.73. The Morgan fingerprint density at radius 3 is 2.73 bits per heavy atom. The van der Waals surface area contributed by atoms with Crippen molar-refractivity contribution in [3.63, 3.8) is 0 Å². The first-order chi connectivity index (χ1) is 12.3. The molecule has 26 heavy (non-hydrogen) atoms. The number of aryl methyl sites for hydroxylation is 1. The van der Waals surface area contributed by atoms with Crippen LogP contribution in [-0.4, -0.2) is 77.5 Å². The van der Waals surface area contributed by atoms with Crippen molar-refractivity contribution in [1.82, 2.24) is 24.3 Å². The Hall–Kier alpha value is -2.14. The lowest BCUT2D eigenvalue weighted by atomic mass is 10.3. The summed E-state index contributed by atoms with van der Waals surface area (Å²) >= 11 is 0. The van der Waals surface area contributed by atoms with Gasteiger partial charge in [0.2, 0.25) is 11.8 Å². The largest absolute Gasteiger partial charge is 0.351 e. The minimum Gasteiger partial charge on any atom is -0.351 e. The number of carbonyl (C=O) groups excluding carboxylic acids is 2. The summed E-state index contributed by atoms with van der Waals surface area (Å²) in [7, 11) is -2.01. The molecule has 2 aliphatic heterocycles. The van der Waals surface area contributed by atoms with E-state index in [0.717, 1.165) is 6.42 Å². The maximum absolute atomic E-state index is 12.7. The number of likely N-dealkylation sites (tertiary alicyclic amines) is 1. The molecule has 1 N–H and O–H groups in total. The number of nitrogens with one attached hydrogen (secondary N) is 1. The fraction of sp³-hybridized carbons (Fsp3) is 0.667. The van der Waals surface area contributed by atoms with Crippen LogP contribution in [0.15, 0.2) is 12.4 Å². The molecule has 0 unspecified atom stereocenters. The first-order valence-corrected chi connectivity index (χ1v) is 10.0. The Labute approximate surface area is 151 Å². The van der Waals surface area contributed by atoms with Gasteiger partial charge in [0, 0.05) is 45.7 Å². The van der Waals surface area contributed by atoms with E-state index >= 15 is 0 Å². The molecule has 2 amide bonds. The van der Waals surface area contributed by atoms with Gasteiger partial charge in [-0.1, -0.05) is 0 Å². The van der Waals surface area contributed by atoms with Gasteiger partial charge in [-0.15, -0.1) is 0 Å². The van der Waals surface area contributed by atoms with Crippen LogP contribution in [0, 0.1) is 5.92 Å². The van der Waals surface area contributed by atoms with Gasteiger partial charge in [-0.05, 0) is 6.42 Å². The molecule has 3 atom stereocenters. The lowest BCUT2D eigenvalue weighted by molar-refractivity contribution is -0.131. The topological polar surface area (TPSA) is 108 Å². The van der Waals surface area contributed by atoms with Gasteiger partial charge in [0.15, 0.2) is 0 Å². The van der Waals surface area contributed by atoms with Gasteiger partial charge in [-0.25, -0.2) is 0 Å². The van der Waals surface area contributed by atoms with E-state index in [9.17, 15) is 18.0 Å². The zero-order chi connectivity index (χ0) is 18.6. The highest BCUT2D eigenvalue weighted by Gasteiger charge is 2.59. The van der Waals surface area contributed by atoms with Crippen molar-refractivity contribution in [3.8, 4) is 0 Å². The van der Waals surface area contributed by atoms with Gasteiger partial charge in [0.05, 0.1) is 30.5 Å². The minimum absolute atomic E-state index is 0.00568. The molecule has 1 aliphatic carbocycles. The van der Waals surface area contributed by atoms with Crippen LogP contribution in [0.2, 0.25) is 0 Å². The predicted molar refractivity (Wildman–Crippen MR) is 92.3 cm³/mol. The molecule has 142 valence electrons. The van der Waals surface area contributed by atoms with Gasteiger partial charge in [-0.2, -0.15) is 17.8 Å². The zero-order valence-electron chi connectivity index (χ0n) is 14.7. The maximum Gasteiger partial charge on any atom is 0.304 e. The number of rotatable bonds is 4. The average Bonchev–Trinajstić information content (AvgIpc) is 2.93. The van der Waals surface area contributed by atoms with E-state index in [-0.39, 0.29) is 37.0 Å². The van der Waals surface area contributed by atoms with Crippen molar-refractivity contribution in [2.45, 2.75) is 25.4 Å². The van der Waals surface area contributed by atoms with Crippen molar-refractivity contribution >= 4 is 27.7 Å². The number of carbonyl (C=O) groups is 2. The molecule has 4 rings (SSSR count). The molecule has 11 heteroatoms. The molecule has 10 nitrogen and oxygen atoms in total. The second-order valence-electron chi connectivity index (χ2n) is 7.04. The van der Waals surface area contributed by atoms with E-state index in [1.807, 2.05) is 0 Å². The fourth-order valence-electron chi connectivity index (χ4n) is 4.06. The molecule has 3 aliphatic rings. The standard InChI is InChI=1S/C15H22N6O4S/c1-10(22)17-14-12-3-4-20(15(12)14)13(23)9-19-5-6-21(26(19,24)25)11-7-16-18(2)8-11/h7-8,12,14-15H,3-6,9H2,1-2H3,(H,17,22)/t12-,14-,15-/m1/s1. The van der Waals surface area contributed by atoms with Gasteiger partial charge >= 0.3 is 10.2 Å². The Morgan fingerprint density at radius 1 is 1.31 bits per heavy atom. The number of amides is 2. The monoisotopic (exact) mass is 382 g/mol. The first kappa shape index (κ1) is 17.3. The lowest BCUT2D eigenvalue weighted by Gasteiger charge is -2.24. The molecular weight excluding hydrogens is 360 g/mol. The van der Waals surface area contributed by atoms with Crippen LogP contribution in [-0.2, 0) is 26.8 Å². The van der Waals surface area contributed by atoms with Crippen molar-refractivity contribution in [2.75, 3.05) is 30.5 Å².